The van der Waals surface area contributed by atoms with E-state index >= 15 is 0 Å². The van der Waals surface area contributed by atoms with Crippen LogP contribution < -0.4 is 5.32 Å². The average molecular weight is 316 g/mol. The molecule has 2 aliphatic rings. The van der Waals surface area contributed by atoms with Gasteiger partial charge in [0.05, 0.1) is 0 Å². The maximum atomic E-state index is 12.8. The second kappa shape index (κ2) is 7.45. The van der Waals surface area contributed by atoms with Crippen molar-refractivity contribution >= 4 is 5.91 Å². The minimum absolute atomic E-state index is 0.190. The molecule has 0 spiro atoms. The third-order valence-electron chi connectivity index (χ3n) is 5.31. The Balaban J connectivity index is 1.54. The predicted molar refractivity (Wildman–Crippen MR) is 91.8 cm³/mol. The number of nitrogens with one attached hydrogen (secondary N) is 1. The molecule has 2 saturated heterocycles. The largest absolute Gasteiger partial charge is 0.381 e. The van der Waals surface area contributed by atoms with Crippen molar-refractivity contribution in [1.82, 2.24) is 10.2 Å². The van der Waals surface area contributed by atoms with Crippen LogP contribution in [0.25, 0.3) is 0 Å². The molecule has 1 amide bonds. The molecule has 23 heavy (non-hydrogen) atoms. The highest BCUT2D eigenvalue weighted by atomic mass is 16.5. The summed E-state index contributed by atoms with van der Waals surface area (Å²) in [5.74, 6) is 0.190. The summed E-state index contributed by atoms with van der Waals surface area (Å²) in [6, 6.07) is 7.14. The van der Waals surface area contributed by atoms with Gasteiger partial charge in [-0.05, 0) is 56.7 Å². The zero-order valence-electron chi connectivity index (χ0n) is 14.3. The van der Waals surface area contributed by atoms with E-state index in [1.165, 1.54) is 5.56 Å². The number of piperidine rings is 1. The molecule has 0 radical (unpaired) electrons. The van der Waals surface area contributed by atoms with E-state index in [0.717, 1.165) is 63.1 Å². The van der Waals surface area contributed by atoms with E-state index in [0.29, 0.717) is 12.1 Å². The topological polar surface area (TPSA) is 41.6 Å². The Bertz CT molecular complexity index is 544. The van der Waals surface area contributed by atoms with Gasteiger partial charge >= 0.3 is 0 Å². The van der Waals surface area contributed by atoms with Crippen molar-refractivity contribution < 1.29 is 9.53 Å². The van der Waals surface area contributed by atoms with Gasteiger partial charge in [-0.25, -0.2) is 0 Å². The number of ether oxygens (including phenoxy) is 1. The number of hydrogen-bond acceptors (Lipinski definition) is 3. The molecule has 1 N–H and O–H groups in total. The number of aryl methyl sites for hydroxylation is 1. The highest BCUT2D eigenvalue weighted by molar-refractivity contribution is 5.96. The Labute approximate surface area is 139 Å². The van der Waals surface area contributed by atoms with Crippen LogP contribution in [0.4, 0.5) is 0 Å². The molecule has 0 unspecified atom stereocenters. The highest BCUT2D eigenvalue weighted by Crippen LogP contribution is 2.19. The minimum atomic E-state index is 0.190. The first-order valence-corrected chi connectivity index (χ1v) is 8.84. The molecule has 0 bridgehead atoms. The Morgan fingerprint density at radius 3 is 2.43 bits per heavy atom. The van der Waals surface area contributed by atoms with Gasteiger partial charge in [0.2, 0.25) is 0 Å². The van der Waals surface area contributed by atoms with Crippen LogP contribution in [0.1, 0.15) is 47.2 Å². The molecule has 1 aromatic rings. The number of benzene rings is 1. The van der Waals surface area contributed by atoms with Gasteiger partial charge in [0.1, 0.15) is 0 Å². The molecule has 0 saturated carbocycles. The number of carbonyl (C=O) groups is 1. The highest BCUT2D eigenvalue weighted by Gasteiger charge is 2.26. The zero-order valence-corrected chi connectivity index (χ0v) is 14.3. The van der Waals surface area contributed by atoms with Crippen molar-refractivity contribution in [2.24, 2.45) is 0 Å². The van der Waals surface area contributed by atoms with Crippen molar-refractivity contribution in [1.29, 1.82) is 0 Å². The molecule has 4 heteroatoms. The Morgan fingerprint density at radius 2 is 1.74 bits per heavy atom. The van der Waals surface area contributed by atoms with Crippen LogP contribution >= 0.6 is 0 Å². The number of likely N-dealkylation sites (tertiary alicyclic amines) is 1. The number of nitrogens with zero attached hydrogens (tertiary/aromatic N) is 1. The van der Waals surface area contributed by atoms with Gasteiger partial charge in [-0.2, -0.15) is 0 Å². The van der Waals surface area contributed by atoms with E-state index < -0.39 is 0 Å². The molecule has 0 aliphatic carbocycles. The van der Waals surface area contributed by atoms with Gasteiger partial charge in [-0.1, -0.05) is 12.1 Å². The third-order valence-corrected chi connectivity index (χ3v) is 5.31. The molecule has 1 aromatic carbocycles. The lowest BCUT2D eigenvalue weighted by atomic mass is 9.98. The van der Waals surface area contributed by atoms with E-state index in [1.807, 2.05) is 24.0 Å². The molecule has 126 valence electrons. The molecule has 4 nitrogen and oxygen atoms in total. The summed E-state index contributed by atoms with van der Waals surface area (Å²) >= 11 is 0. The SMILES string of the molecule is Cc1cccc(C(=O)N2CCC(NC3CCOCC3)CC2)c1C. The summed E-state index contributed by atoms with van der Waals surface area (Å²) in [5, 5.41) is 3.76. The molecule has 3 rings (SSSR count). The van der Waals surface area contributed by atoms with Gasteiger partial charge in [-0.15, -0.1) is 0 Å². The van der Waals surface area contributed by atoms with Crippen molar-refractivity contribution in [2.75, 3.05) is 26.3 Å². The number of rotatable bonds is 3. The maximum absolute atomic E-state index is 12.8. The first-order valence-electron chi connectivity index (χ1n) is 8.84. The van der Waals surface area contributed by atoms with E-state index in [1.54, 1.807) is 0 Å². The quantitative estimate of drug-likeness (QED) is 0.932. The predicted octanol–water partition coefficient (Wildman–Crippen LogP) is 2.68. The molecule has 2 aliphatic heterocycles. The summed E-state index contributed by atoms with van der Waals surface area (Å²) < 4.78 is 5.41. The molecule has 0 atom stereocenters. The van der Waals surface area contributed by atoms with Crippen molar-refractivity contribution in [3.05, 3.63) is 34.9 Å². The van der Waals surface area contributed by atoms with E-state index in [4.69, 9.17) is 4.74 Å². The fraction of sp³-hybridized carbons (Fsp3) is 0.632. The second-order valence-electron chi connectivity index (χ2n) is 6.87. The lowest BCUT2D eigenvalue weighted by Crippen LogP contribution is -2.49. The Morgan fingerprint density at radius 1 is 1.09 bits per heavy atom. The van der Waals surface area contributed by atoms with Crippen LogP contribution in [-0.2, 0) is 4.74 Å². The molecular formula is C19H28N2O2. The summed E-state index contributed by atoms with van der Waals surface area (Å²) in [5.41, 5.74) is 3.16. The van der Waals surface area contributed by atoms with Gasteiger partial charge in [0, 0.05) is 44.0 Å². The summed E-state index contributed by atoms with van der Waals surface area (Å²) in [6.45, 7) is 7.57. The van der Waals surface area contributed by atoms with Crippen molar-refractivity contribution in [2.45, 2.75) is 51.6 Å². The zero-order chi connectivity index (χ0) is 16.2. The number of amides is 1. The standard InChI is InChI=1S/C19H28N2O2/c1-14-4-3-5-18(15(14)2)19(22)21-10-6-16(7-11-21)20-17-8-12-23-13-9-17/h3-5,16-17,20H,6-13H2,1-2H3. The maximum Gasteiger partial charge on any atom is 0.254 e. The minimum Gasteiger partial charge on any atom is -0.381 e. The molecular weight excluding hydrogens is 288 g/mol. The van der Waals surface area contributed by atoms with Crippen LogP contribution in [0.3, 0.4) is 0 Å². The van der Waals surface area contributed by atoms with Crippen LogP contribution in [0, 0.1) is 13.8 Å². The third kappa shape index (κ3) is 3.93. The Hall–Kier alpha value is -1.39. The van der Waals surface area contributed by atoms with Crippen LogP contribution in [0.15, 0.2) is 18.2 Å². The first-order chi connectivity index (χ1) is 11.1. The van der Waals surface area contributed by atoms with Crippen LogP contribution in [-0.4, -0.2) is 49.2 Å². The summed E-state index contributed by atoms with van der Waals surface area (Å²) in [4.78, 5) is 14.8. The van der Waals surface area contributed by atoms with E-state index in [2.05, 4.69) is 18.3 Å². The Kier molecular flexibility index (Phi) is 5.34. The van der Waals surface area contributed by atoms with Gasteiger partial charge in [-0.3, -0.25) is 4.79 Å². The second-order valence-corrected chi connectivity index (χ2v) is 6.87. The van der Waals surface area contributed by atoms with E-state index in [-0.39, 0.29) is 5.91 Å². The van der Waals surface area contributed by atoms with Gasteiger partial charge in [0.25, 0.3) is 5.91 Å². The average Bonchev–Trinajstić information content (AvgIpc) is 2.58. The lowest BCUT2D eigenvalue weighted by molar-refractivity contribution is 0.0631. The van der Waals surface area contributed by atoms with Crippen LogP contribution in [0.2, 0.25) is 0 Å². The number of carbonyl (C=O) groups excluding carboxylic acids is 1. The smallest absolute Gasteiger partial charge is 0.254 e. The fourth-order valence-corrected chi connectivity index (χ4v) is 3.60. The molecule has 2 fully saturated rings. The normalized spacial score (nSPS) is 20.7. The monoisotopic (exact) mass is 316 g/mol. The summed E-state index contributed by atoms with van der Waals surface area (Å²) in [6.07, 6.45) is 4.32. The van der Waals surface area contributed by atoms with E-state index in [9.17, 15) is 4.79 Å². The fourth-order valence-electron chi connectivity index (χ4n) is 3.60. The van der Waals surface area contributed by atoms with Gasteiger partial charge in [0.15, 0.2) is 0 Å². The van der Waals surface area contributed by atoms with Crippen molar-refractivity contribution in [3.8, 4) is 0 Å². The van der Waals surface area contributed by atoms with Crippen molar-refractivity contribution in [3.63, 3.8) is 0 Å². The first kappa shape index (κ1) is 16.5. The molecule has 2 heterocycles. The number of hydrogen-bond donors (Lipinski definition) is 1. The lowest BCUT2D eigenvalue weighted by Gasteiger charge is -2.35. The molecule has 0 aromatic heterocycles. The van der Waals surface area contributed by atoms with Gasteiger partial charge < -0.3 is 15.0 Å². The van der Waals surface area contributed by atoms with Crippen LogP contribution in [0.5, 0.6) is 0 Å². The summed E-state index contributed by atoms with van der Waals surface area (Å²) in [7, 11) is 0.